The summed E-state index contributed by atoms with van der Waals surface area (Å²) in [6, 6.07) is 3.64. The van der Waals surface area contributed by atoms with Crippen molar-refractivity contribution in [2.75, 3.05) is 0 Å². The molecule has 0 aromatic heterocycles. The van der Waals surface area contributed by atoms with E-state index in [1.54, 1.807) is 27.7 Å². The molecule has 0 amide bonds. The summed E-state index contributed by atoms with van der Waals surface area (Å²) >= 11 is 0. The molecule has 0 fully saturated rings. The van der Waals surface area contributed by atoms with Gasteiger partial charge in [-0.15, -0.1) is 0 Å². The van der Waals surface area contributed by atoms with Crippen molar-refractivity contribution in [3.8, 4) is 0 Å². The highest BCUT2D eigenvalue weighted by Crippen LogP contribution is 2.26. The Kier molecular flexibility index (Phi) is 4.81. The van der Waals surface area contributed by atoms with Crippen LogP contribution in [-0.4, -0.2) is 16.5 Å². The molecule has 0 spiro atoms. The van der Waals surface area contributed by atoms with Gasteiger partial charge < -0.3 is 4.74 Å². The SMILES string of the molecule is CC(CC(=O)OC(C)(C)C)c1ccc(F)c([N+](=O)[O-])c1. The smallest absolute Gasteiger partial charge is 0.306 e. The number of esters is 1. The number of nitro groups is 1. The predicted octanol–water partition coefficient (Wildman–Crippen LogP) is 3.57. The van der Waals surface area contributed by atoms with Gasteiger partial charge in [0, 0.05) is 6.07 Å². The minimum Gasteiger partial charge on any atom is -0.460 e. The van der Waals surface area contributed by atoms with E-state index in [1.165, 1.54) is 6.07 Å². The lowest BCUT2D eigenvalue weighted by atomic mass is 9.97. The first-order valence-corrected chi connectivity index (χ1v) is 6.26. The van der Waals surface area contributed by atoms with Gasteiger partial charge in [0.05, 0.1) is 11.3 Å². The largest absolute Gasteiger partial charge is 0.460 e. The Hall–Kier alpha value is -1.98. The third-order valence-electron chi connectivity index (χ3n) is 2.63. The summed E-state index contributed by atoms with van der Waals surface area (Å²) in [5.74, 6) is -1.57. The Morgan fingerprint density at radius 2 is 2.05 bits per heavy atom. The molecule has 0 radical (unpaired) electrons. The van der Waals surface area contributed by atoms with E-state index in [-0.39, 0.29) is 12.3 Å². The van der Waals surface area contributed by atoms with Crippen LogP contribution in [0.5, 0.6) is 0 Å². The van der Waals surface area contributed by atoms with Crippen molar-refractivity contribution < 1.29 is 18.8 Å². The lowest BCUT2D eigenvalue weighted by molar-refractivity contribution is -0.387. The van der Waals surface area contributed by atoms with Gasteiger partial charge in [-0.1, -0.05) is 13.0 Å². The number of nitrogens with zero attached hydrogens (tertiary/aromatic N) is 1. The molecule has 0 N–H and O–H groups in total. The second-order valence-corrected chi connectivity index (χ2v) is 5.66. The second-order valence-electron chi connectivity index (χ2n) is 5.66. The maximum absolute atomic E-state index is 13.2. The first kappa shape index (κ1) is 16.1. The summed E-state index contributed by atoms with van der Waals surface area (Å²) in [5, 5.41) is 10.7. The van der Waals surface area contributed by atoms with Crippen molar-refractivity contribution in [2.45, 2.75) is 45.6 Å². The van der Waals surface area contributed by atoms with Gasteiger partial charge in [-0.3, -0.25) is 14.9 Å². The molecule has 1 atom stereocenters. The number of benzene rings is 1. The van der Waals surface area contributed by atoms with Crippen LogP contribution in [0.15, 0.2) is 18.2 Å². The molecule has 5 nitrogen and oxygen atoms in total. The molecule has 0 saturated heterocycles. The van der Waals surface area contributed by atoms with Crippen LogP contribution in [0, 0.1) is 15.9 Å². The first-order chi connectivity index (χ1) is 9.10. The molecule has 1 unspecified atom stereocenters. The van der Waals surface area contributed by atoms with E-state index in [1.807, 2.05) is 0 Å². The summed E-state index contributed by atoms with van der Waals surface area (Å²) < 4.78 is 18.4. The zero-order chi connectivity index (χ0) is 15.5. The van der Waals surface area contributed by atoms with Gasteiger partial charge >= 0.3 is 11.7 Å². The maximum Gasteiger partial charge on any atom is 0.306 e. The van der Waals surface area contributed by atoms with Crippen molar-refractivity contribution in [3.05, 3.63) is 39.7 Å². The lowest BCUT2D eigenvalue weighted by Gasteiger charge is -2.21. The van der Waals surface area contributed by atoms with Crippen LogP contribution in [0.1, 0.15) is 45.6 Å². The van der Waals surface area contributed by atoms with Crippen LogP contribution < -0.4 is 0 Å². The zero-order valence-electron chi connectivity index (χ0n) is 12.0. The molecule has 0 saturated carbocycles. The zero-order valence-corrected chi connectivity index (χ0v) is 12.0. The Labute approximate surface area is 116 Å². The van der Waals surface area contributed by atoms with Crippen molar-refractivity contribution in [2.24, 2.45) is 0 Å². The average molecular weight is 283 g/mol. The van der Waals surface area contributed by atoms with E-state index in [4.69, 9.17) is 4.74 Å². The van der Waals surface area contributed by atoms with E-state index in [9.17, 15) is 19.3 Å². The van der Waals surface area contributed by atoms with E-state index in [0.29, 0.717) is 5.56 Å². The molecule has 0 aliphatic carbocycles. The summed E-state index contributed by atoms with van der Waals surface area (Å²) in [6.45, 7) is 7.02. The molecule has 1 aromatic rings. The van der Waals surface area contributed by atoms with Gasteiger partial charge in [-0.05, 0) is 38.3 Å². The van der Waals surface area contributed by atoms with Gasteiger partial charge in [0.25, 0.3) is 0 Å². The van der Waals surface area contributed by atoms with Gasteiger partial charge in [0.15, 0.2) is 0 Å². The van der Waals surface area contributed by atoms with Crippen molar-refractivity contribution in [3.63, 3.8) is 0 Å². The van der Waals surface area contributed by atoms with Crippen LogP contribution in [0.3, 0.4) is 0 Å². The van der Waals surface area contributed by atoms with Gasteiger partial charge in [0.1, 0.15) is 5.60 Å². The standard InChI is InChI=1S/C14H18FNO4/c1-9(7-13(17)20-14(2,3)4)10-5-6-11(15)12(8-10)16(18)19/h5-6,8-9H,7H2,1-4H3. The maximum atomic E-state index is 13.2. The molecule has 20 heavy (non-hydrogen) atoms. The molecule has 110 valence electrons. The van der Waals surface area contributed by atoms with Gasteiger partial charge in [0.2, 0.25) is 5.82 Å². The number of carbonyl (C=O) groups is 1. The van der Waals surface area contributed by atoms with Crippen molar-refractivity contribution in [1.29, 1.82) is 0 Å². The second kappa shape index (κ2) is 5.98. The number of ether oxygens (including phenoxy) is 1. The van der Waals surface area contributed by atoms with E-state index in [2.05, 4.69) is 0 Å². The van der Waals surface area contributed by atoms with Crippen LogP contribution in [0.4, 0.5) is 10.1 Å². The quantitative estimate of drug-likeness (QED) is 0.481. The Morgan fingerprint density at radius 1 is 1.45 bits per heavy atom. The number of hydrogen-bond acceptors (Lipinski definition) is 4. The monoisotopic (exact) mass is 283 g/mol. The number of rotatable bonds is 4. The highest BCUT2D eigenvalue weighted by molar-refractivity contribution is 5.71. The predicted molar refractivity (Wildman–Crippen MR) is 71.9 cm³/mol. The Bertz CT molecular complexity index is 522. The highest BCUT2D eigenvalue weighted by atomic mass is 19.1. The van der Waals surface area contributed by atoms with Crippen LogP contribution in [-0.2, 0) is 9.53 Å². The Morgan fingerprint density at radius 3 is 2.55 bits per heavy atom. The fourth-order valence-corrected chi connectivity index (χ4v) is 1.73. The lowest BCUT2D eigenvalue weighted by Crippen LogP contribution is -2.24. The van der Waals surface area contributed by atoms with Crippen molar-refractivity contribution >= 4 is 11.7 Å². The minimum atomic E-state index is -0.886. The number of hydrogen-bond donors (Lipinski definition) is 0. The molecule has 0 bridgehead atoms. The molecule has 6 heteroatoms. The molecular weight excluding hydrogens is 265 g/mol. The van der Waals surface area contributed by atoms with Crippen molar-refractivity contribution in [1.82, 2.24) is 0 Å². The summed E-state index contributed by atoms with van der Waals surface area (Å²) in [7, 11) is 0. The molecule has 0 aliphatic rings. The number of nitro benzene ring substituents is 1. The van der Waals surface area contributed by atoms with Crippen LogP contribution in [0.25, 0.3) is 0 Å². The minimum absolute atomic E-state index is 0.0834. The van der Waals surface area contributed by atoms with E-state index < -0.39 is 28.0 Å². The van der Waals surface area contributed by atoms with E-state index in [0.717, 1.165) is 12.1 Å². The van der Waals surface area contributed by atoms with Crippen LogP contribution in [0.2, 0.25) is 0 Å². The average Bonchev–Trinajstić information content (AvgIpc) is 2.26. The third-order valence-corrected chi connectivity index (χ3v) is 2.63. The number of carbonyl (C=O) groups excluding carboxylic acids is 1. The fourth-order valence-electron chi connectivity index (χ4n) is 1.73. The Balaban J connectivity index is 2.83. The topological polar surface area (TPSA) is 69.4 Å². The molecule has 1 rings (SSSR count). The molecular formula is C14H18FNO4. The third kappa shape index (κ3) is 4.60. The number of halogens is 1. The fraction of sp³-hybridized carbons (Fsp3) is 0.500. The normalized spacial score (nSPS) is 12.8. The van der Waals surface area contributed by atoms with Gasteiger partial charge in [-0.2, -0.15) is 4.39 Å². The molecule has 0 heterocycles. The summed E-state index contributed by atoms with van der Waals surface area (Å²) in [6.07, 6.45) is 0.0834. The molecule has 1 aromatic carbocycles. The summed E-state index contributed by atoms with van der Waals surface area (Å²) in [4.78, 5) is 21.6. The summed E-state index contributed by atoms with van der Waals surface area (Å²) in [5.41, 5.74) is -0.631. The van der Waals surface area contributed by atoms with Crippen LogP contribution >= 0.6 is 0 Å². The van der Waals surface area contributed by atoms with Gasteiger partial charge in [-0.25, -0.2) is 0 Å². The first-order valence-electron chi connectivity index (χ1n) is 6.26. The van der Waals surface area contributed by atoms with E-state index >= 15 is 0 Å². The highest BCUT2D eigenvalue weighted by Gasteiger charge is 2.21. The molecule has 0 aliphatic heterocycles.